The Morgan fingerprint density at radius 2 is 2.33 bits per heavy atom. The van der Waals surface area contributed by atoms with Crippen LogP contribution < -0.4 is 5.32 Å². The van der Waals surface area contributed by atoms with Crippen LogP contribution in [0.1, 0.15) is 12.5 Å². The van der Waals surface area contributed by atoms with Crippen molar-refractivity contribution in [1.29, 1.82) is 5.26 Å². The Morgan fingerprint density at radius 1 is 1.60 bits per heavy atom. The third-order valence-corrected chi connectivity index (χ3v) is 2.36. The number of hydrogen-bond donors (Lipinski definition) is 2. The van der Waals surface area contributed by atoms with E-state index in [4.69, 9.17) is 16.9 Å². The van der Waals surface area contributed by atoms with Gasteiger partial charge in [0, 0.05) is 18.7 Å². The lowest BCUT2D eigenvalue weighted by molar-refractivity contribution is 0.463. The molecule has 0 aromatic heterocycles. The number of hydrogen-bond acceptors (Lipinski definition) is 3. The highest BCUT2D eigenvalue weighted by molar-refractivity contribution is 6.32. The maximum atomic E-state index is 9.58. The Balaban J connectivity index is 2.52. The zero-order chi connectivity index (χ0) is 11.3. The van der Waals surface area contributed by atoms with E-state index in [-0.39, 0.29) is 11.7 Å². The standard InChI is InChI=1S/C11H13ClN2O/c1-8(5-13)6-14-7-9-3-2-4-10(12)11(9)15/h2-4,8,14-15H,6-7H2,1H3. The number of para-hydroxylation sites is 1. The Labute approximate surface area is 94.3 Å². The average Bonchev–Trinajstić information content (AvgIpc) is 2.24. The third kappa shape index (κ3) is 3.43. The number of phenols is 1. The highest BCUT2D eigenvalue weighted by Crippen LogP contribution is 2.26. The first kappa shape index (κ1) is 11.8. The van der Waals surface area contributed by atoms with E-state index in [2.05, 4.69) is 11.4 Å². The smallest absolute Gasteiger partial charge is 0.138 e. The molecular weight excluding hydrogens is 212 g/mol. The number of nitrogens with zero attached hydrogens (tertiary/aromatic N) is 1. The predicted octanol–water partition coefficient (Wildman–Crippen LogP) is 2.29. The van der Waals surface area contributed by atoms with E-state index in [0.717, 1.165) is 5.56 Å². The van der Waals surface area contributed by atoms with Crippen LogP contribution in [-0.2, 0) is 6.54 Å². The van der Waals surface area contributed by atoms with Gasteiger partial charge in [-0.3, -0.25) is 0 Å². The number of phenolic OH excluding ortho intramolecular Hbond substituents is 1. The molecule has 1 aromatic carbocycles. The first-order chi connectivity index (χ1) is 7.15. The minimum Gasteiger partial charge on any atom is -0.506 e. The highest BCUT2D eigenvalue weighted by Gasteiger charge is 2.05. The largest absolute Gasteiger partial charge is 0.506 e. The summed E-state index contributed by atoms with van der Waals surface area (Å²) in [6.45, 7) is 2.95. The van der Waals surface area contributed by atoms with Crippen LogP contribution in [0.25, 0.3) is 0 Å². The molecule has 0 radical (unpaired) electrons. The summed E-state index contributed by atoms with van der Waals surface area (Å²) in [5, 5.41) is 21.6. The van der Waals surface area contributed by atoms with Crippen molar-refractivity contribution in [3.05, 3.63) is 28.8 Å². The third-order valence-electron chi connectivity index (χ3n) is 2.06. The van der Waals surface area contributed by atoms with Crippen molar-refractivity contribution < 1.29 is 5.11 Å². The molecule has 1 aromatic rings. The van der Waals surface area contributed by atoms with E-state index < -0.39 is 0 Å². The van der Waals surface area contributed by atoms with Crippen molar-refractivity contribution in [1.82, 2.24) is 5.32 Å². The quantitative estimate of drug-likeness (QED) is 0.825. The molecule has 15 heavy (non-hydrogen) atoms. The van der Waals surface area contributed by atoms with Gasteiger partial charge < -0.3 is 10.4 Å². The lowest BCUT2D eigenvalue weighted by atomic mass is 10.2. The van der Waals surface area contributed by atoms with Crippen molar-refractivity contribution in [3.8, 4) is 11.8 Å². The fourth-order valence-electron chi connectivity index (χ4n) is 1.17. The number of nitriles is 1. The summed E-state index contributed by atoms with van der Waals surface area (Å²) in [6.07, 6.45) is 0. The number of halogens is 1. The molecule has 4 heteroatoms. The summed E-state index contributed by atoms with van der Waals surface area (Å²) in [5.74, 6) is 0.0719. The van der Waals surface area contributed by atoms with Crippen LogP contribution in [0.5, 0.6) is 5.75 Å². The van der Waals surface area contributed by atoms with Crippen molar-refractivity contribution >= 4 is 11.6 Å². The zero-order valence-corrected chi connectivity index (χ0v) is 9.25. The van der Waals surface area contributed by atoms with Crippen LogP contribution in [0.2, 0.25) is 5.02 Å². The molecule has 0 aliphatic carbocycles. The average molecular weight is 225 g/mol. The van der Waals surface area contributed by atoms with Crippen LogP contribution >= 0.6 is 11.6 Å². The van der Waals surface area contributed by atoms with Gasteiger partial charge in [-0.1, -0.05) is 23.7 Å². The Morgan fingerprint density at radius 3 is 3.00 bits per heavy atom. The van der Waals surface area contributed by atoms with Gasteiger partial charge in [-0.25, -0.2) is 0 Å². The molecule has 0 fully saturated rings. The SMILES string of the molecule is CC(C#N)CNCc1cccc(Cl)c1O. The molecule has 0 amide bonds. The van der Waals surface area contributed by atoms with E-state index in [0.29, 0.717) is 18.1 Å². The van der Waals surface area contributed by atoms with E-state index >= 15 is 0 Å². The molecule has 0 aliphatic heterocycles. The van der Waals surface area contributed by atoms with E-state index in [9.17, 15) is 5.11 Å². The first-order valence-corrected chi connectivity index (χ1v) is 5.09. The zero-order valence-electron chi connectivity index (χ0n) is 8.50. The second-order valence-corrected chi connectivity index (χ2v) is 3.82. The predicted molar refractivity (Wildman–Crippen MR) is 59.6 cm³/mol. The number of benzene rings is 1. The highest BCUT2D eigenvalue weighted by atomic mass is 35.5. The minimum atomic E-state index is -0.0358. The van der Waals surface area contributed by atoms with Gasteiger partial charge in [-0.05, 0) is 13.0 Å². The normalized spacial score (nSPS) is 12.1. The second kappa shape index (κ2) is 5.59. The van der Waals surface area contributed by atoms with Gasteiger partial charge in [-0.15, -0.1) is 0 Å². The summed E-state index contributed by atoms with van der Waals surface area (Å²) < 4.78 is 0. The Kier molecular flexibility index (Phi) is 4.41. The minimum absolute atomic E-state index is 0.0358. The fourth-order valence-corrected chi connectivity index (χ4v) is 1.37. The fraction of sp³-hybridized carbons (Fsp3) is 0.364. The van der Waals surface area contributed by atoms with Crippen LogP contribution in [-0.4, -0.2) is 11.7 Å². The van der Waals surface area contributed by atoms with E-state index in [1.807, 2.05) is 6.92 Å². The summed E-state index contributed by atoms with van der Waals surface area (Å²) in [7, 11) is 0. The summed E-state index contributed by atoms with van der Waals surface area (Å²) in [6, 6.07) is 7.34. The summed E-state index contributed by atoms with van der Waals surface area (Å²) >= 11 is 5.75. The van der Waals surface area contributed by atoms with Crippen LogP contribution in [0.15, 0.2) is 18.2 Å². The summed E-state index contributed by atoms with van der Waals surface area (Å²) in [5.41, 5.74) is 0.743. The molecule has 1 unspecified atom stereocenters. The molecule has 3 nitrogen and oxygen atoms in total. The second-order valence-electron chi connectivity index (χ2n) is 3.41. The van der Waals surface area contributed by atoms with E-state index in [1.54, 1.807) is 18.2 Å². The van der Waals surface area contributed by atoms with Crippen molar-refractivity contribution in [2.45, 2.75) is 13.5 Å². The summed E-state index contributed by atoms with van der Waals surface area (Å²) in [4.78, 5) is 0. The van der Waals surface area contributed by atoms with Crippen LogP contribution in [0, 0.1) is 17.2 Å². The molecule has 80 valence electrons. The Bertz CT molecular complexity index is 373. The van der Waals surface area contributed by atoms with Gasteiger partial charge >= 0.3 is 0 Å². The maximum absolute atomic E-state index is 9.58. The van der Waals surface area contributed by atoms with Crippen LogP contribution in [0.3, 0.4) is 0 Å². The molecular formula is C11H13ClN2O. The topological polar surface area (TPSA) is 56.0 Å². The van der Waals surface area contributed by atoms with E-state index in [1.165, 1.54) is 0 Å². The molecule has 1 rings (SSSR count). The lowest BCUT2D eigenvalue weighted by Crippen LogP contribution is -2.19. The van der Waals surface area contributed by atoms with Gasteiger partial charge in [0.25, 0.3) is 0 Å². The monoisotopic (exact) mass is 224 g/mol. The van der Waals surface area contributed by atoms with Gasteiger partial charge in [-0.2, -0.15) is 5.26 Å². The number of rotatable bonds is 4. The molecule has 0 bridgehead atoms. The van der Waals surface area contributed by atoms with Gasteiger partial charge in [0.2, 0.25) is 0 Å². The Hall–Kier alpha value is -1.24. The van der Waals surface area contributed by atoms with Crippen molar-refractivity contribution in [2.24, 2.45) is 5.92 Å². The van der Waals surface area contributed by atoms with Crippen molar-refractivity contribution in [3.63, 3.8) is 0 Å². The molecule has 0 saturated carbocycles. The number of aromatic hydroxyl groups is 1. The van der Waals surface area contributed by atoms with Gasteiger partial charge in [0.1, 0.15) is 5.75 Å². The lowest BCUT2D eigenvalue weighted by Gasteiger charge is -2.08. The van der Waals surface area contributed by atoms with Gasteiger partial charge in [0.05, 0.1) is 17.0 Å². The van der Waals surface area contributed by atoms with Crippen molar-refractivity contribution in [2.75, 3.05) is 6.54 Å². The molecule has 0 heterocycles. The molecule has 1 atom stereocenters. The maximum Gasteiger partial charge on any atom is 0.138 e. The molecule has 0 aliphatic rings. The molecule has 2 N–H and O–H groups in total. The molecule has 0 saturated heterocycles. The molecule has 0 spiro atoms. The first-order valence-electron chi connectivity index (χ1n) is 4.72. The van der Waals surface area contributed by atoms with Crippen LogP contribution in [0.4, 0.5) is 0 Å². The number of nitrogens with one attached hydrogen (secondary N) is 1. The van der Waals surface area contributed by atoms with Gasteiger partial charge in [0.15, 0.2) is 0 Å².